The van der Waals surface area contributed by atoms with Crippen LogP contribution in [-0.2, 0) is 6.54 Å². The van der Waals surface area contributed by atoms with E-state index in [2.05, 4.69) is 10.6 Å². The first kappa shape index (κ1) is 25.1. The fraction of sp³-hybridized carbons (Fsp3) is 0.125. The highest BCUT2D eigenvalue weighted by Crippen LogP contribution is 2.25. The number of imide groups is 1. The molecule has 1 aliphatic heterocycles. The van der Waals surface area contributed by atoms with Crippen LogP contribution in [0.4, 0.5) is 10.5 Å². The summed E-state index contributed by atoms with van der Waals surface area (Å²) < 4.78 is 1.96. The van der Waals surface area contributed by atoms with Gasteiger partial charge in [0, 0.05) is 41.1 Å². The number of anilines is 1. The van der Waals surface area contributed by atoms with Gasteiger partial charge in [0.2, 0.25) is 0 Å². The van der Waals surface area contributed by atoms with Crippen molar-refractivity contribution in [3.8, 4) is 0 Å². The molecule has 2 N–H and O–H groups in total. The van der Waals surface area contributed by atoms with E-state index in [0.717, 1.165) is 21.7 Å². The summed E-state index contributed by atoms with van der Waals surface area (Å²) in [7, 11) is 0. The molecule has 198 valence electrons. The first-order chi connectivity index (χ1) is 19.5. The number of Topliss-reactive ketones (excluding diaryl/α,β-unsaturated/α-hetero) is 1. The van der Waals surface area contributed by atoms with Crippen molar-refractivity contribution in [2.75, 3.05) is 18.4 Å². The van der Waals surface area contributed by atoms with Crippen molar-refractivity contribution < 1.29 is 19.2 Å². The van der Waals surface area contributed by atoms with Crippen molar-refractivity contribution in [1.29, 1.82) is 0 Å². The van der Waals surface area contributed by atoms with Gasteiger partial charge in [-0.2, -0.15) is 0 Å². The number of ketones is 1. The second kappa shape index (κ2) is 10.5. The second-order valence-electron chi connectivity index (χ2n) is 9.67. The Bertz CT molecular complexity index is 1770. The van der Waals surface area contributed by atoms with Crippen LogP contribution in [0, 0.1) is 0 Å². The molecule has 2 heterocycles. The number of aromatic nitrogens is 1. The molecular weight excluding hydrogens is 504 g/mol. The average molecular weight is 531 g/mol. The third-order valence-electron chi connectivity index (χ3n) is 7.20. The second-order valence-corrected chi connectivity index (χ2v) is 9.67. The van der Waals surface area contributed by atoms with E-state index in [1.807, 2.05) is 71.3 Å². The minimum atomic E-state index is -0.464. The van der Waals surface area contributed by atoms with Gasteiger partial charge >= 0.3 is 6.03 Å². The van der Waals surface area contributed by atoms with Gasteiger partial charge in [0.05, 0.1) is 23.4 Å². The number of hydrogen-bond acceptors (Lipinski definition) is 4. The van der Waals surface area contributed by atoms with Gasteiger partial charge in [-0.25, -0.2) is 4.79 Å². The van der Waals surface area contributed by atoms with E-state index >= 15 is 0 Å². The van der Waals surface area contributed by atoms with E-state index in [-0.39, 0.29) is 30.7 Å². The Balaban J connectivity index is 1.11. The largest absolute Gasteiger partial charge is 0.347 e. The number of nitrogens with zero attached hydrogens (tertiary/aromatic N) is 2. The summed E-state index contributed by atoms with van der Waals surface area (Å²) in [5.41, 5.74) is 2.90. The topological polar surface area (TPSA) is 101 Å². The molecule has 1 aromatic heterocycles. The number of amides is 4. The number of urea groups is 1. The van der Waals surface area contributed by atoms with Crippen molar-refractivity contribution in [2.45, 2.75) is 13.0 Å². The van der Waals surface area contributed by atoms with Crippen LogP contribution in [0.5, 0.6) is 0 Å². The van der Waals surface area contributed by atoms with Crippen LogP contribution < -0.4 is 10.6 Å². The van der Waals surface area contributed by atoms with Gasteiger partial charge in [-0.05, 0) is 36.1 Å². The van der Waals surface area contributed by atoms with Gasteiger partial charge < -0.3 is 15.2 Å². The minimum Gasteiger partial charge on any atom is -0.347 e. The molecule has 6 rings (SSSR count). The monoisotopic (exact) mass is 530 g/mol. The molecule has 0 fully saturated rings. The van der Waals surface area contributed by atoms with E-state index in [4.69, 9.17) is 0 Å². The van der Waals surface area contributed by atoms with Gasteiger partial charge in [-0.15, -0.1) is 0 Å². The minimum absolute atomic E-state index is 0.167. The molecule has 40 heavy (non-hydrogen) atoms. The van der Waals surface area contributed by atoms with Crippen molar-refractivity contribution >= 4 is 51.0 Å². The number of aryl methyl sites for hydroxylation is 1. The number of nitrogens with one attached hydrogen (secondary N) is 2. The molecule has 8 heteroatoms. The van der Waals surface area contributed by atoms with E-state index < -0.39 is 6.03 Å². The summed E-state index contributed by atoms with van der Waals surface area (Å²) in [5, 5.41) is 8.21. The average Bonchev–Trinajstić information content (AvgIpc) is 3.47. The molecule has 0 atom stereocenters. The molecule has 5 aromatic rings. The predicted molar refractivity (Wildman–Crippen MR) is 154 cm³/mol. The molecule has 0 saturated carbocycles. The smallest absolute Gasteiger partial charge is 0.319 e. The molecule has 0 unspecified atom stereocenters. The van der Waals surface area contributed by atoms with Crippen molar-refractivity contribution in [3.05, 3.63) is 114 Å². The van der Waals surface area contributed by atoms with Gasteiger partial charge in [0.1, 0.15) is 0 Å². The van der Waals surface area contributed by atoms with Crippen LogP contribution in [-0.4, -0.2) is 46.2 Å². The zero-order chi connectivity index (χ0) is 27.6. The molecule has 4 amide bonds. The standard InChI is InChI=1S/C32H26N4O4/c37-29(19-33-32(40)34-27-15-7-10-21-9-1-2-11-22(21)27)26-20-35(28-16-6-5-12-23(26)28)17-8-18-36-30(38)24-13-3-4-14-25(24)31(36)39/h1-7,9-16,20H,8,17-19H2,(H2,33,34,40). The summed E-state index contributed by atoms with van der Waals surface area (Å²) >= 11 is 0. The molecule has 0 saturated heterocycles. The Labute approximate surface area is 230 Å². The molecule has 8 nitrogen and oxygen atoms in total. The fourth-order valence-corrected chi connectivity index (χ4v) is 5.25. The maximum Gasteiger partial charge on any atom is 0.319 e. The Kier molecular flexibility index (Phi) is 6.57. The lowest BCUT2D eigenvalue weighted by Crippen LogP contribution is -2.33. The van der Waals surface area contributed by atoms with Gasteiger partial charge in [0.25, 0.3) is 11.8 Å². The van der Waals surface area contributed by atoms with Crippen LogP contribution in [0.1, 0.15) is 37.5 Å². The van der Waals surface area contributed by atoms with Gasteiger partial charge in [-0.1, -0.05) is 66.7 Å². The molecule has 0 bridgehead atoms. The van der Waals surface area contributed by atoms with Crippen LogP contribution >= 0.6 is 0 Å². The van der Waals surface area contributed by atoms with E-state index in [1.54, 1.807) is 30.5 Å². The Hall–Kier alpha value is -5.24. The SMILES string of the molecule is O=C(NCC(=O)c1cn(CCCN2C(=O)c3ccccc3C2=O)c2ccccc12)Nc1cccc2ccccc12. The molecule has 0 spiro atoms. The van der Waals surface area contributed by atoms with Gasteiger partial charge in [-0.3, -0.25) is 19.3 Å². The molecule has 1 aliphatic rings. The van der Waals surface area contributed by atoms with Crippen molar-refractivity contribution in [2.24, 2.45) is 0 Å². The van der Waals surface area contributed by atoms with Gasteiger partial charge in [0.15, 0.2) is 5.78 Å². The zero-order valence-corrected chi connectivity index (χ0v) is 21.6. The number of para-hydroxylation sites is 1. The molecule has 0 aliphatic carbocycles. The third kappa shape index (κ3) is 4.60. The van der Waals surface area contributed by atoms with Crippen LogP contribution in [0.2, 0.25) is 0 Å². The van der Waals surface area contributed by atoms with E-state index in [0.29, 0.717) is 35.3 Å². The Morgan fingerprint density at radius 1 is 0.700 bits per heavy atom. The first-order valence-corrected chi connectivity index (χ1v) is 13.1. The number of carbonyl (C=O) groups excluding carboxylic acids is 4. The van der Waals surface area contributed by atoms with Crippen LogP contribution in [0.3, 0.4) is 0 Å². The third-order valence-corrected chi connectivity index (χ3v) is 7.20. The summed E-state index contributed by atoms with van der Waals surface area (Å²) in [5.74, 6) is -0.772. The van der Waals surface area contributed by atoms with E-state index in [9.17, 15) is 19.2 Å². The maximum absolute atomic E-state index is 13.2. The lowest BCUT2D eigenvalue weighted by Gasteiger charge is -2.14. The number of hydrogen-bond donors (Lipinski definition) is 2. The van der Waals surface area contributed by atoms with Crippen molar-refractivity contribution in [3.63, 3.8) is 0 Å². The zero-order valence-electron chi connectivity index (χ0n) is 21.6. The van der Waals surface area contributed by atoms with E-state index in [1.165, 1.54) is 4.90 Å². The Morgan fingerprint density at radius 3 is 2.12 bits per heavy atom. The highest BCUT2D eigenvalue weighted by molar-refractivity contribution is 6.21. The summed E-state index contributed by atoms with van der Waals surface area (Å²) in [6, 6.07) is 27.3. The maximum atomic E-state index is 13.2. The highest BCUT2D eigenvalue weighted by atomic mass is 16.2. The highest BCUT2D eigenvalue weighted by Gasteiger charge is 2.34. The molecule has 0 radical (unpaired) electrons. The molecule has 4 aromatic carbocycles. The Morgan fingerprint density at radius 2 is 1.35 bits per heavy atom. The van der Waals surface area contributed by atoms with Crippen molar-refractivity contribution in [1.82, 2.24) is 14.8 Å². The fourth-order valence-electron chi connectivity index (χ4n) is 5.25. The lowest BCUT2D eigenvalue weighted by atomic mass is 10.1. The quantitative estimate of drug-likeness (QED) is 0.205. The molecular formula is C32H26N4O4. The lowest BCUT2D eigenvalue weighted by molar-refractivity contribution is 0.0650. The summed E-state index contributed by atoms with van der Waals surface area (Å²) in [4.78, 5) is 52.4. The normalized spacial score (nSPS) is 12.7. The van der Waals surface area contributed by atoms with Crippen LogP contribution in [0.15, 0.2) is 97.2 Å². The number of benzene rings is 4. The number of carbonyl (C=O) groups is 4. The summed E-state index contributed by atoms with van der Waals surface area (Å²) in [6.07, 6.45) is 2.31. The predicted octanol–water partition coefficient (Wildman–Crippen LogP) is 5.49. The summed E-state index contributed by atoms with van der Waals surface area (Å²) in [6.45, 7) is 0.619. The first-order valence-electron chi connectivity index (χ1n) is 13.1. The van der Waals surface area contributed by atoms with Crippen LogP contribution in [0.25, 0.3) is 21.7 Å². The number of rotatable bonds is 8. The number of fused-ring (bicyclic) bond motifs is 3.